The largest absolute Gasteiger partial charge is 0.496 e. The monoisotopic (exact) mass is 472 g/mol. The van der Waals surface area contributed by atoms with Gasteiger partial charge in [-0.3, -0.25) is 9.78 Å². The van der Waals surface area contributed by atoms with Crippen molar-refractivity contribution in [1.82, 2.24) is 4.98 Å². The molecule has 5 rings (SSSR count). The molecule has 4 nitrogen and oxygen atoms in total. The highest BCUT2D eigenvalue weighted by Gasteiger charge is 2.25. The molecule has 1 amide bonds. The molecule has 1 aliphatic heterocycles. The Balaban J connectivity index is 0.00000117. The zero-order chi connectivity index (χ0) is 24.9. The van der Waals surface area contributed by atoms with Crippen molar-refractivity contribution in [2.75, 3.05) is 19.1 Å². The van der Waals surface area contributed by atoms with Crippen LogP contribution in [0.25, 0.3) is 0 Å². The summed E-state index contributed by atoms with van der Waals surface area (Å²) in [4.78, 5) is 19.4. The number of fused-ring (bicyclic) bond motifs is 2. The van der Waals surface area contributed by atoms with Crippen LogP contribution in [0.3, 0.4) is 0 Å². The van der Waals surface area contributed by atoms with Crippen molar-refractivity contribution < 1.29 is 11.0 Å². The third-order valence-corrected chi connectivity index (χ3v) is 7.49. The second kappa shape index (κ2) is 11.1. The minimum atomic E-state index is 0. The van der Waals surface area contributed by atoms with Gasteiger partial charge in [-0.05, 0) is 59.6 Å². The van der Waals surface area contributed by atoms with Crippen molar-refractivity contribution in [1.29, 1.82) is 0 Å². The number of nitrogens with zero attached hydrogens (tertiary/aromatic N) is 2. The van der Waals surface area contributed by atoms with Crippen LogP contribution in [0.5, 0.6) is 5.75 Å². The van der Waals surface area contributed by atoms with Crippen LogP contribution < -0.4 is 9.64 Å². The molecule has 0 spiro atoms. The van der Waals surface area contributed by atoms with Gasteiger partial charge in [-0.25, -0.2) is 0 Å². The molecule has 0 N–H and O–H groups in total. The molecule has 1 saturated carbocycles. The number of anilines is 1. The van der Waals surface area contributed by atoms with E-state index in [2.05, 4.69) is 31.2 Å². The van der Waals surface area contributed by atoms with Gasteiger partial charge in [0.1, 0.15) is 5.75 Å². The number of carbonyl (C=O) groups is 1. The molecule has 0 unspecified atom stereocenters. The Morgan fingerprint density at radius 2 is 1.77 bits per heavy atom. The molecule has 3 aromatic rings. The topological polar surface area (TPSA) is 42.4 Å². The van der Waals surface area contributed by atoms with Crippen LogP contribution in [-0.4, -0.2) is 25.0 Å². The van der Waals surface area contributed by atoms with Gasteiger partial charge in [0.05, 0.1) is 19.0 Å². The molecular formula is C31H40N2O2. The van der Waals surface area contributed by atoms with E-state index >= 15 is 0 Å². The molecule has 4 heteroatoms. The molecule has 2 aromatic carbocycles. The van der Waals surface area contributed by atoms with Crippen LogP contribution in [0.15, 0.2) is 54.7 Å². The standard InChI is InChI=1S/C29H32N2O2.C2H6.H2/c1-19-8-10-20(11-9-19)21-12-13-23(28(17-21)33-3)15-25-16-24-14-22-6-4-5-7-26(22)29(32)31(2)27(24)18-30-25;1-2;/h4-7,12-13,16-20H,8-11,14-15H2,1-3H3;1-2H3;1H. The molecule has 0 radical (unpaired) electrons. The molecule has 1 aliphatic carbocycles. The number of hydrogen-bond donors (Lipinski definition) is 0. The summed E-state index contributed by atoms with van der Waals surface area (Å²) >= 11 is 0. The van der Waals surface area contributed by atoms with Crippen LogP contribution in [-0.2, 0) is 12.8 Å². The van der Waals surface area contributed by atoms with E-state index in [0.29, 0.717) is 12.3 Å². The number of carbonyl (C=O) groups excluding carboxylic acids is 1. The summed E-state index contributed by atoms with van der Waals surface area (Å²) in [6.45, 7) is 6.36. The van der Waals surface area contributed by atoms with Crippen molar-refractivity contribution in [2.24, 2.45) is 5.92 Å². The molecular weight excluding hydrogens is 432 g/mol. The Morgan fingerprint density at radius 3 is 2.51 bits per heavy atom. The minimum Gasteiger partial charge on any atom is -0.496 e. The summed E-state index contributed by atoms with van der Waals surface area (Å²) in [5.74, 6) is 2.46. The van der Waals surface area contributed by atoms with Gasteiger partial charge < -0.3 is 9.64 Å². The van der Waals surface area contributed by atoms with Crippen molar-refractivity contribution in [3.05, 3.63) is 88.2 Å². The van der Waals surface area contributed by atoms with E-state index in [1.54, 1.807) is 12.0 Å². The number of amides is 1. The fourth-order valence-corrected chi connectivity index (χ4v) is 5.41. The summed E-state index contributed by atoms with van der Waals surface area (Å²) in [6.07, 6.45) is 8.44. The van der Waals surface area contributed by atoms with Crippen LogP contribution >= 0.6 is 0 Å². The molecule has 2 aliphatic rings. The average molecular weight is 473 g/mol. The molecule has 1 fully saturated rings. The van der Waals surface area contributed by atoms with Crippen LogP contribution in [0.4, 0.5) is 5.69 Å². The third-order valence-electron chi connectivity index (χ3n) is 7.49. The summed E-state index contributed by atoms with van der Waals surface area (Å²) in [6, 6.07) is 16.8. The molecule has 0 bridgehead atoms. The first-order valence-corrected chi connectivity index (χ1v) is 13.0. The highest BCUT2D eigenvalue weighted by atomic mass is 16.5. The van der Waals surface area contributed by atoms with Crippen molar-refractivity contribution in [3.8, 4) is 5.75 Å². The van der Waals surface area contributed by atoms with Gasteiger partial charge in [0.2, 0.25) is 0 Å². The number of benzene rings is 2. The first kappa shape index (κ1) is 25.0. The maximum absolute atomic E-state index is 12.9. The third kappa shape index (κ3) is 5.27. The van der Waals surface area contributed by atoms with Gasteiger partial charge in [0, 0.05) is 38.1 Å². The molecule has 186 valence electrons. The smallest absolute Gasteiger partial charge is 0.258 e. The lowest BCUT2D eigenvalue weighted by Gasteiger charge is -2.27. The normalized spacial score (nSPS) is 19.1. The lowest BCUT2D eigenvalue weighted by molar-refractivity contribution is 0.0993. The Bertz CT molecular complexity index is 1180. The fourth-order valence-electron chi connectivity index (χ4n) is 5.41. The van der Waals surface area contributed by atoms with Crippen molar-refractivity contribution in [3.63, 3.8) is 0 Å². The van der Waals surface area contributed by atoms with E-state index < -0.39 is 0 Å². The van der Waals surface area contributed by atoms with E-state index in [1.165, 1.54) is 31.2 Å². The van der Waals surface area contributed by atoms with Gasteiger partial charge in [0.25, 0.3) is 5.91 Å². The van der Waals surface area contributed by atoms with E-state index in [1.807, 2.05) is 51.4 Å². The molecule has 35 heavy (non-hydrogen) atoms. The zero-order valence-electron chi connectivity index (χ0n) is 21.8. The number of methoxy groups -OCH3 is 1. The van der Waals surface area contributed by atoms with Gasteiger partial charge in [-0.1, -0.05) is 63.9 Å². The molecule has 1 aromatic heterocycles. The maximum atomic E-state index is 12.9. The van der Waals surface area contributed by atoms with E-state index in [4.69, 9.17) is 9.72 Å². The van der Waals surface area contributed by atoms with E-state index in [0.717, 1.165) is 51.7 Å². The predicted molar refractivity (Wildman–Crippen MR) is 146 cm³/mol. The van der Waals surface area contributed by atoms with E-state index in [9.17, 15) is 4.79 Å². The van der Waals surface area contributed by atoms with Crippen molar-refractivity contribution >= 4 is 11.6 Å². The Kier molecular flexibility index (Phi) is 7.90. The predicted octanol–water partition coefficient (Wildman–Crippen LogP) is 7.43. The first-order valence-electron chi connectivity index (χ1n) is 13.0. The van der Waals surface area contributed by atoms with Gasteiger partial charge in [-0.2, -0.15) is 0 Å². The number of pyridine rings is 1. The highest BCUT2D eigenvalue weighted by Crippen LogP contribution is 2.38. The van der Waals surface area contributed by atoms with Gasteiger partial charge in [-0.15, -0.1) is 0 Å². The lowest BCUT2D eigenvalue weighted by atomic mass is 9.79. The van der Waals surface area contributed by atoms with Crippen LogP contribution in [0, 0.1) is 5.92 Å². The number of ether oxygens (including phenoxy) is 1. The molecule has 2 heterocycles. The first-order chi connectivity index (χ1) is 17.0. The maximum Gasteiger partial charge on any atom is 0.258 e. The minimum absolute atomic E-state index is 0. The Hall–Kier alpha value is -3.14. The van der Waals surface area contributed by atoms with Gasteiger partial charge >= 0.3 is 0 Å². The SMILES string of the molecule is CC.COc1cc(C2CCC(C)CC2)ccc1Cc1cc2c(cn1)N(C)C(=O)c1ccccc1C2.[HH]. The highest BCUT2D eigenvalue weighted by molar-refractivity contribution is 6.08. The second-order valence-electron chi connectivity index (χ2n) is 9.71. The Labute approximate surface area is 211 Å². The number of hydrogen-bond acceptors (Lipinski definition) is 3. The Morgan fingerprint density at radius 1 is 1.03 bits per heavy atom. The summed E-state index contributed by atoms with van der Waals surface area (Å²) < 4.78 is 5.80. The molecule has 0 atom stereocenters. The second-order valence-corrected chi connectivity index (χ2v) is 9.71. The fraction of sp³-hybridized carbons (Fsp3) is 0.419. The van der Waals surface area contributed by atoms with Crippen molar-refractivity contribution in [2.45, 2.75) is 65.2 Å². The van der Waals surface area contributed by atoms with Crippen LogP contribution in [0.1, 0.15) is 92.1 Å². The lowest BCUT2D eigenvalue weighted by Crippen LogP contribution is -2.26. The summed E-state index contributed by atoms with van der Waals surface area (Å²) in [7, 11) is 3.59. The average Bonchev–Trinajstić information content (AvgIpc) is 3.00. The quantitative estimate of drug-likeness (QED) is 0.396. The number of aromatic nitrogens is 1. The summed E-state index contributed by atoms with van der Waals surface area (Å²) in [5.41, 5.74) is 7.39. The molecule has 0 saturated heterocycles. The van der Waals surface area contributed by atoms with Gasteiger partial charge in [0.15, 0.2) is 0 Å². The van der Waals surface area contributed by atoms with E-state index in [-0.39, 0.29) is 7.33 Å². The summed E-state index contributed by atoms with van der Waals surface area (Å²) in [5, 5.41) is 0. The zero-order valence-corrected chi connectivity index (χ0v) is 21.8. The van der Waals surface area contributed by atoms with Crippen LogP contribution in [0.2, 0.25) is 0 Å². The number of rotatable bonds is 4.